The Morgan fingerprint density at radius 2 is 1.96 bits per heavy atom. The van der Waals surface area contributed by atoms with E-state index in [0.29, 0.717) is 13.0 Å². The van der Waals surface area contributed by atoms with E-state index in [1.807, 2.05) is 66.2 Å². The lowest BCUT2D eigenvalue weighted by Gasteiger charge is -2.15. The molecule has 1 aromatic heterocycles. The molecule has 0 bridgehead atoms. The van der Waals surface area contributed by atoms with Crippen LogP contribution in [0.2, 0.25) is 0 Å². The van der Waals surface area contributed by atoms with E-state index >= 15 is 0 Å². The number of imidazole rings is 1. The van der Waals surface area contributed by atoms with Gasteiger partial charge in [-0.25, -0.2) is 4.98 Å². The third kappa shape index (κ3) is 4.30. The Morgan fingerprint density at radius 1 is 1.19 bits per heavy atom. The smallest absolute Gasteiger partial charge is 0.220 e. The molecule has 0 saturated heterocycles. The zero-order valence-electron chi connectivity index (χ0n) is 15.1. The Labute approximate surface area is 153 Å². The molecule has 5 heteroatoms. The van der Waals surface area contributed by atoms with Gasteiger partial charge >= 0.3 is 0 Å². The maximum Gasteiger partial charge on any atom is 0.220 e. The monoisotopic (exact) mass is 349 g/mol. The van der Waals surface area contributed by atoms with Gasteiger partial charge in [0.05, 0.1) is 13.4 Å². The summed E-state index contributed by atoms with van der Waals surface area (Å²) >= 11 is 0. The Balaban J connectivity index is 1.54. The topological polar surface area (TPSA) is 56.1 Å². The van der Waals surface area contributed by atoms with Gasteiger partial charge in [-0.1, -0.05) is 37.3 Å². The molecule has 26 heavy (non-hydrogen) atoms. The van der Waals surface area contributed by atoms with Crippen LogP contribution in [0.3, 0.4) is 0 Å². The van der Waals surface area contributed by atoms with Crippen LogP contribution < -0.4 is 10.1 Å². The number of ether oxygens (including phenoxy) is 1. The SMILES string of the molecule is COc1ccccc1C(C)CC(=O)NCc1ccc(-n2ccnc2)cc1. The van der Waals surface area contributed by atoms with Crippen molar-refractivity contribution in [1.29, 1.82) is 0 Å². The van der Waals surface area contributed by atoms with Gasteiger partial charge in [0, 0.05) is 31.0 Å². The van der Waals surface area contributed by atoms with Crippen LogP contribution >= 0.6 is 0 Å². The van der Waals surface area contributed by atoms with Gasteiger partial charge in [-0.15, -0.1) is 0 Å². The summed E-state index contributed by atoms with van der Waals surface area (Å²) in [6, 6.07) is 15.9. The number of aromatic nitrogens is 2. The first-order valence-electron chi connectivity index (χ1n) is 8.64. The minimum absolute atomic E-state index is 0.0297. The molecule has 0 aliphatic heterocycles. The van der Waals surface area contributed by atoms with E-state index in [1.54, 1.807) is 19.6 Å². The lowest BCUT2D eigenvalue weighted by Crippen LogP contribution is -2.24. The third-order valence-electron chi connectivity index (χ3n) is 4.39. The molecule has 134 valence electrons. The van der Waals surface area contributed by atoms with Gasteiger partial charge in [0.25, 0.3) is 0 Å². The standard InChI is InChI=1S/C21H23N3O2/c1-16(19-5-3-4-6-20(19)26-2)13-21(25)23-14-17-7-9-18(10-8-17)24-12-11-22-15-24/h3-12,15-16H,13-14H2,1-2H3,(H,23,25). The summed E-state index contributed by atoms with van der Waals surface area (Å²) in [6.45, 7) is 2.55. The fraction of sp³-hybridized carbons (Fsp3) is 0.238. The highest BCUT2D eigenvalue weighted by molar-refractivity contribution is 5.77. The van der Waals surface area contributed by atoms with Crippen molar-refractivity contribution in [3.63, 3.8) is 0 Å². The molecule has 0 radical (unpaired) electrons. The molecule has 0 aliphatic rings. The molecule has 0 fully saturated rings. The molecule has 0 aliphatic carbocycles. The molecular weight excluding hydrogens is 326 g/mol. The molecule has 1 unspecified atom stereocenters. The summed E-state index contributed by atoms with van der Waals surface area (Å²) in [4.78, 5) is 16.3. The van der Waals surface area contributed by atoms with E-state index in [9.17, 15) is 4.79 Å². The van der Waals surface area contributed by atoms with Crippen molar-refractivity contribution < 1.29 is 9.53 Å². The zero-order chi connectivity index (χ0) is 18.4. The fourth-order valence-corrected chi connectivity index (χ4v) is 2.93. The second kappa shape index (κ2) is 8.34. The molecule has 1 N–H and O–H groups in total. The van der Waals surface area contributed by atoms with E-state index in [2.05, 4.69) is 10.3 Å². The molecule has 0 saturated carbocycles. The van der Waals surface area contributed by atoms with Crippen LogP contribution in [0.25, 0.3) is 5.69 Å². The number of hydrogen-bond acceptors (Lipinski definition) is 3. The Morgan fingerprint density at radius 3 is 2.65 bits per heavy atom. The zero-order valence-corrected chi connectivity index (χ0v) is 15.1. The second-order valence-corrected chi connectivity index (χ2v) is 6.26. The van der Waals surface area contributed by atoms with Crippen LogP contribution in [0.4, 0.5) is 0 Å². The van der Waals surface area contributed by atoms with E-state index in [-0.39, 0.29) is 11.8 Å². The van der Waals surface area contributed by atoms with Crippen LogP contribution in [0.5, 0.6) is 5.75 Å². The first-order chi connectivity index (χ1) is 12.7. The number of carbonyl (C=O) groups excluding carboxylic acids is 1. The number of carbonyl (C=O) groups is 1. The van der Waals surface area contributed by atoms with Crippen molar-refractivity contribution in [2.24, 2.45) is 0 Å². The molecule has 0 spiro atoms. The number of rotatable bonds is 7. The van der Waals surface area contributed by atoms with Gasteiger partial charge in [0.15, 0.2) is 0 Å². The number of amides is 1. The number of nitrogens with zero attached hydrogens (tertiary/aromatic N) is 2. The first-order valence-corrected chi connectivity index (χ1v) is 8.64. The highest BCUT2D eigenvalue weighted by Crippen LogP contribution is 2.28. The highest BCUT2D eigenvalue weighted by atomic mass is 16.5. The average Bonchev–Trinajstić information content (AvgIpc) is 3.21. The number of nitrogens with one attached hydrogen (secondary N) is 1. The van der Waals surface area contributed by atoms with Crippen LogP contribution in [-0.4, -0.2) is 22.6 Å². The summed E-state index contributed by atoms with van der Waals surface area (Å²) in [5, 5.41) is 2.99. The number of methoxy groups -OCH3 is 1. The molecular formula is C21H23N3O2. The molecule has 2 aromatic carbocycles. The van der Waals surface area contributed by atoms with Crippen molar-refractivity contribution >= 4 is 5.91 Å². The van der Waals surface area contributed by atoms with Gasteiger partial charge in [-0.2, -0.15) is 0 Å². The molecule has 3 aromatic rings. The van der Waals surface area contributed by atoms with Crippen molar-refractivity contribution in [3.05, 3.63) is 78.4 Å². The van der Waals surface area contributed by atoms with Crippen LogP contribution in [0, 0.1) is 0 Å². The van der Waals surface area contributed by atoms with Gasteiger partial charge in [0.1, 0.15) is 5.75 Å². The van der Waals surface area contributed by atoms with Crippen molar-refractivity contribution in [2.45, 2.75) is 25.8 Å². The third-order valence-corrected chi connectivity index (χ3v) is 4.39. The number of hydrogen-bond donors (Lipinski definition) is 1. The summed E-state index contributed by atoms with van der Waals surface area (Å²) in [7, 11) is 1.65. The molecule has 5 nitrogen and oxygen atoms in total. The predicted octanol–water partition coefficient (Wildman–Crippen LogP) is 3.69. The predicted molar refractivity (Wildman–Crippen MR) is 101 cm³/mol. The maximum atomic E-state index is 12.3. The lowest BCUT2D eigenvalue weighted by atomic mass is 9.96. The summed E-state index contributed by atoms with van der Waals surface area (Å²) in [6.07, 6.45) is 5.83. The fourth-order valence-electron chi connectivity index (χ4n) is 2.93. The normalized spacial score (nSPS) is 11.8. The molecule has 3 rings (SSSR count). The number of para-hydroxylation sites is 1. The van der Waals surface area contributed by atoms with Gasteiger partial charge < -0.3 is 14.6 Å². The summed E-state index contributed by atoms with van der Waals surface area (Å²) in [5.74, 6) is 0.944. The second-order valence-electron chi connectivity index (χ2n) is 6.26. The number of benzene rings is 2. The molecule has 1 atom stereocenters. The van der Waals surface area contributed by atoms with Crippen LogP contribution in [-0.2, 0) is 11.3 Å². The van der Waals surface area contributed by atoms with Gasteiger partial charge in [-0.05, 0) is 35.2 Å². The molecule has 1 heterocycles. The first kappa shape index (κ1) is 17.7. The summed E-state index contributed by atoms with van der Waals surface area (Å²) < 4.78 is 7.32. The Kier molecular flexibility index (Phi) is 5.69. The van der Waals surface area contributed by atoms with Crippen molar-refractivity contribution in [2.75, 3.05) is 7.11 Å². The van der Waals surface area contributed by atoms with E-state index in [0.717, 1.165) is 22.6 Å². The van der Waals surface area contributed by atoms with Gasteiger partial charge in [-0.3, -0.25) is 4.79 Å². The maximum absolute atomic E-state index is 12.3. The van der Waals surface area contributed by atoms with Crippen LogP contribution in [0.1, 0.15) is 30.4 Å². The highest BCUT2D eigenvalue weighted by Gasteiger charge is 2.14. The quantitative estimate of drug-likeness (QED) is 0.708. The van der Waals surface area contributed by atoms with Crippen LogP contribution in [0.15, 0.2) is 67.3 Å². The van der Waals surface area contributed by atoms with Crippen molar-refractivity contribution in [1.82, 2.24) is 14.9 Å². The minimum Gasteiger partial charge on any atom is -0.496 e. The van der Waals surface area contributed by atoms with Gasteiger partial charge in [0.2, 0.25) is 5.91 Å². The van der Waals surface area contributed by atoms with Crippen molar-refractivity contribution in [3.8, 4) is 11.4 Å². The lowest BCUT2D eigenvalue weighted by molar-refractivity contribution is -0.121. The average molecular weight is 349 g/mol. The van der Waals surface area contributed by atoms with E-state index in [4.69, 9.17) is 4.74 Å². The Hall–Kier alpha value is -3.08. The van der Waals surface area contributed by atoms with E-state index < -0.39 is 0 Å². The minimum atomic E-state index is 0.0297. The van der Waals surface area contributed by atoms with E-state index in [1.165, 1.54) is 0 Å². The largest absolute Gasteiger partial charge is 0.496 e. The Bertz CT molecular complexity index is 842. The molecule has 1 amide bonds. The summed E-state index contributed by atoms with van der Waals surface area (Å²) in [5.41, 5.74) is 3.16.